The average molecular weight is 567 g/mol. The molecule has 1 N–H and O–H groups in total. The van der Waals surface area contributed by atoms with Crippen LogP contribution in [0.1, 0.15) is 54.4 Å². The van der Waals surface area contributed by atoms with Crippen LogP contribution >= 0.6 is 22.7 Å². The second-order valence-electron chi connectivity index (χ2n) is 8.95. The maximum absolute atomic E-state index is 13.9. The molecule has 0 radical (unpaired) electrons. The molecule has 2 aromatic heterocycles. The van der Waals surface area contributed by atoms with Gasteiger partial charge in [-0.25, -0.2) is 9.37 Å². The second kappa shape index (κ2) is 11.5. The molecule has 1 atom stereocenters. The molecule has 3 heterocycles. The first-order valence-corrected chi connectivity index (χ1v) is 14.4. The number of halogens is 1. The fraction of sp³-hybridized carbons (Fsp3) is 0.276. The Labute approximate surface area is 233 Å². The van der Waals surface area contributed by atoms with Crippen molar-refractivity contribution in [2.75, 3.05) is 18.1 Å². The number of aliphatic hydroxyl groups is 1. The summed E-state index contributed by atoms with van der Waals surface area (Å²) in [7, 11) is 0. The van der Waals surface area contributed by atoms with Gasteiger partial charge in [-0.2, -0.15) is 0 Å². The Morgan fingerprint density at radius 3 is 2.69 bits per heavy atom. The van der Waals surface area contributed by atoms with Gasteiger partial charge in [0.15, 0.2) is 22.4 Å². The predicted molar refractivity (Wildman–Crippen MR) is 151 cm³/mol. The van der Waals surface area contributed by atoms with Crippen LogP contribution in [0.4, 0.5) is 9.52 Å². The zero-order valence-electron chi connectivity index (χ0n) is 21.5. The highest BCUT2D eigenvalue weighted by molar-refractivity contribution is 7.22. The smallest absolute Gasteiger partial charge is 0.296 e. The number of nitrogens with zero attached hydrogens (tertiary/aromatic N) is 2. The number of rotatable bonds is 11. The Balaban J connectivity index is 1.61. The molecule has 202 valence electrons. The standard InChI is InChI=1S/C29H27FN2O5S2/c1-3-5-6-13-37-20-12-9-17(15-21(20)36-4-2)25-24(26(33)22-8-7-14-38-22)27(34)28(35)32(25)29-31-19-11-10-18(30)16-23(19)39-29/h7-12,14-16,25,34H,3-6,13H2,1-2H3. The van der Waals surface area contributed by atoms with Crippen LogP contribution in [0, 0.1) is 5.82 Å². The molecule has 0 aliphatic carbocycles. The van der Waals surface area contributed by atoms with Crippen molar-refractivity contribution in [2.24, 2.45) is 0 Å². The van der Waals surface area contributed by atoms with Gasteiger partial charge in [-0.15, -0.1) is 11.3 Å². The summed E-state index contributed by atoms with van der Waals surface area (Å²) in [5.74, 6) is -1.23. The van der Waals surface area contributed by atoms with Crippen LogP contribution in [0.15, 0.2) is 65.2 Å². The summed E-state index contributed by atoms with van der Waals surface area (Å²) in [6.07, 6.45) is 3.02. The first-order chi connectivity index (χ1) is 18.9. The van der Waals surface area contributed by atoms with E-state index in [4.69, 9.17) is 9.47 Å². The lowest BCUT2D eigenvalue weighted by Gasteiger charge is -2.25. The van der Waals surface area contributed by atoms with Gasteiger partial charge in [-0.1, -0.05) is 43.2 Å². The maximum Gasteiger partial charge on any atom is 0.296 e. The van der Waals surface area contributed by atoms with Gasteiger partial charge >= 0.3 is 0 Å². The van der Waals surface area contributed by atoms with E-state index in [1.54, 1.807) is 35.7 Å². The summed E-state index contributed by atoms with van der Waals surface area (Å²) >= 11 is 2.33. The number of unbranched alkanes of at least 4 members (excludes halogenated alkanes) is 2. The minimum atomic E-state index is -0.981. The Kier molecular flexibility index (Phi) is 7.94. The highest BCUT2D eigenvalue weighted by Gasteiger charge is 2.46. The molecule has 0 saturated carbocycles. The number of carbonyl (C=O) groups is 2. The molecule has 1 unspecified atom stereocenters. The number of amides is 1. The number of hydrogen-bond acceptors (Lipinski definition) is 8. The van der Waals surface area contributed by atoms with E-state index in [1.807, 2.05) is 6.92 Å². The summed E-state index contributed by atoms with van der Waals surface area (Å²) in [5, 5.41) is 13.0. The van der Waals surface area contributed by atoms with E-state index in [9.17, 15) is 19.1 Å². The monoisotopic (exact) mass is 566 g/mol. The lowest BCUT2D eigenvalue weighted by molar-refractivity contribution is -0.117. The highest BCUT2D eigenvalue weighted by atomic mass is 32.1. The molecule has 7 nitrogen and oxygen atoms in total. The van der Waals surface area contributed by atoms with Crippen molar-refractivity contribution in [1.82, 2.24) is 4.98 Å². The first kappa shape index (κ1) is 26.8. The molecule has 2 aromatic carbocycles. The number of anilines is 1. The molecule has 0 spiro atoms. The van der Waals surface area contributed by atoms with Crippen LogP contribution in [-0.2, 0) is 4.79 Å². The predicted octanol–water partition coefficient (Wildman–Crippen LogP) is 7.25. The van der Waals surface area contributed by atoms with Crippen LogP contribution in [0.2, 0.25) is 0 Å². The van der Waals surface area contributed by atoms with Crippen LogP contribution < -0.4 is 14.4 Å². The first-order valence-electron chi connectivity index (χ1n) is 12.7. The van der Waals surface area contributed by atoms with Crippen molar-refractivity contribution in [2.45, 2.75) is 39.2 Å². The molecule has 1 aliphatic rings. The lowest BCUT2D eigenvalue weighted by atomic mass is 9.95. The van der Waals surface area contributed by atoms with Crippen LogP contribution in [-0.4, -0.2) is 35.0 Å². The molecular formula is C29H27FN2O5S2. The number of aliphatic hydroxyl groups excluding tert-OH is 1. The van der Waals surface area contributed by atoms with Crippen molar-refractivity contribution in [1.29, 1.82) is 0 Å². The number of thiophene rings is 1. The summed E-state index contributed by atoms with van der Waals surface area (Å²) in [5.41, 5.74) is 1.00. The van der Waals surface area contributed by atoms with E-state index in [0.29, 0.717) is 45.4 Å². The third kappa shape index (κ3) is 5.26. The van der Waals surface area contributed by atoms with Gasteiger partial charge in [-0.3, -0.25) is 14.5 Å². The fourth-order valence-electron chi connectivity index (χ4n) is 4.50. The summed E-state index contributed by atoms with van der Waals surface area (Å²) < 4.78 is 26.3. The summed E-state index contributed by atoms with van der Waals surface area (Å²) in [4.78, 5) is 33.3. The zero-order valence-corrected chi connectivity index (χ0v) is 23.1. The van der Waals surface area contributed by atoms with Crippen molar-refractivity contribution in [3.05, 3.63) is 81.5 Å². The molecule has 1 aliphatic heterocycles. The van der Waals surface area contributed by atoms with Gasteiger partial charge < -0.3 is 14.6 Å². The van der Waals surface area contributed by atoms with Gasteiger partial charge in [0.05, 0.1) is 39.9 Å². The van der Waals surface area contributed by atoms with Crippen LogP contribution in [0.3, 0.4) is 0 Å². The Morgan fingerprint density at radius 2 is 1.95 bits per heavy atom. The molecule has 39 heavy (non-hydrogen) atoms. The lowest BCUT2D eigenvalue weighted by Crippen LogP contribution is -2.31. The molecule has 1 amide bonds. The van der Waals surface area contributed by atoms with Crippen molar-refractivity contribution >= 4 is 49.7 Å². The molecule has 0 fully saturated rings. The van der Waals surface area contributed by atoms with Gasteiger partial charge in [-0.05, 0) is 60.7 Å². The minimum Gasteiger partial charge on any atom is -0.503 e. The molecular weight excluding hydrogens is 539 g/mol. The normalized spacial score (nSPS) is 15.4. The van der Waals surface area contributed by atoms with E-state index in [0.717, 1.165) is 30.6 Å². The number of ketones is 1. The third-order valence-corrected chi connectivity index (χ3v) is 8.22. The SMILES string of the molecule is CCCCCOc1ccc(C2C(C(=O)c3cccs3)=C(O)C(=O)N2c2nc3ccc(F)cc3s2)cc1OCC. The number of carbonyl (C=O) groups excluding carboxylic acids is 2. The second-order valence-corrected chi connectivity index (χ2v) is 10.9. The largest absolute Gasteiger partial charge is 0.503 e. The van der Waals surface area contributed by atoms with E-state index in [2.05, 4.69) is 11.9 Å². The van der Waals surface area contributed by atoms with Gasteiger partial charge in [0.25, 0.3) is 5.91 Å². The van der Waals surface area contributed by atoms with Crippen molar-refractivity contribution in [3.8, 4) is 11.5 Å². The van der Waals surface area contributed by atoms with Gasteiger partial charge in [0, 0.05) is 0 Å². The van der Waals surface area contributed by atoms with Crippen LogP contribution in [0.5, 0.6) is 11.5 Å². The molecule has 4 aromatic rings. The number of hydrogen-bond donors (Lipinski definition) is 1. The van der Waals surface area contributed by atoms with Crippen molar-refractivity contribution in [3.63, 3.8) is 0 Å². The topological polar surface area (TPSA) is 89.0 Å². The van der Waals surface area contributed by atoms with E-state index in [-0.39, 0.29) is 10.7 Å². The number of Topliss-reactive ketones (excluding diaryl/α,β-unsaturated/α-hetero) is 1. The highest BCUT2D eigenvalue weighted by Crippen LogP contribution is 2.46. The zero-order chi connectivity index (χ0) is 27.5. The van der Waals surface area contributed by atoms with Crippen molar-refractivity contribution < 1.29 is 28.6 Å². The molecule has 0 bridgehead atoms. The maximum atomic E-state index is 13.9. The molecule has 5 rings (SSSR count). The Morgan fingerprint density at radius 1 is 1.10 bits per heavy atom. The average Bonchev–Trinajstić information content (AvgIpc) is 3.66. The summed E-state index contributed by atoms with van der Waals surface area (Å²) in [6.45, 7) is 4.89. The third-order valence-electron chi connectivity index (χ3n) is 6.33. The Bertz CT molecular complexity index is 1550. The molecule has 10 heteroatoms. The van der Waals surface area contributed by atoms with Crippen LogP contribution in [0.25, 0.3) is 10.2 Å². The van der Waals surface area contributed by atoms with E-state index >= 15 is 0 Å². The number of ether oxygens (including phenoxy) is 2. The van der Waals surface area contributed by atoms with E-state index in [1.165, 1.54) is 34.4 Å². The van der Waals surface area contributed by atoms with E-state index < -0.39 is 29.3 Å². The van der Waals surface area contributed by atoms with Gasteiger partial charge in [0.2, 0.25) is 5.78 Å². The summed E-state index contributed by atoms with van der Waals surface area (Å²) in [6, 6.07) is 11.8. The fourth-order valence-corrected chi connectivity index (χ4v) is 6.19. The number of thiazole rings is 1. The Hall–Kier alpha value is -3.76. The minimum absolute atomic E-state index is 0.0491. The number of benzene rings is 2. The quantitative estimate of drug-likeness (QED) is 0.152. The van der Waals surface area contributed by atoms with Gasteiger partial charge in [0.1, 0.15) is 5.82 Å². The number of fused-ring (bicyclic) bond motifs is 1. The molecule has 0 saturated heterocycles. The number of aromatic nitrogens is 1.